The molecular weight excluding hydrogens is 535 g/mol. The number of guanidine groups is 1. The second-order valence-electron chi connectivity index (χ2n) is 8.96. The number of nitrogens with zero attached hydrogens (tertiary/aromatic N) is 3. The number of morpholine rings is 2. The van der Waals surface area contributed by atoms with E-state index in [0.29, 0.717) is 0 Å². The van der Waals surface area contributed by atoms with Crippen LogP contribution in [0, 0.1) is 13.8 Å². The van der Waals surface area contributed by atoms with Gasteiger partial charge in [0.2, 0.25) is 0 Å². The molecule has 6 nitrogen and oxygen atoms in total. The Bertz CT molecular complexity index is 766. The average Bonchev–Trinajstić information content (AvgIpc) is 3.27. The minimum absolute atomic E-state index is 0. The van der Waals surface area contributed by atoms with Crippen LogP contribution >= 0.6 is 35.7 Å². The van der Waals surface area contributed by atoms with Gasteiger partial charge in [0, 0.05) is 31.9 Å². The average molecular weight is 575 g/mol. The molecule has 1 aromatic rings. The maximum absolute atomic E-state index is 6.19. The van der Waals surface area contributed by atoms with Crippen molar-refractivity contribution in [2.24, 2.45) is 4.99 Å². The summed E-state index contributed by atoms with van der Waals surface area (Å²) in [5, 5.41) is 3.56. The molecule has 0 aliphatic carbocycles. The Morgan fingerprint density at radius 1 is 1.22 bits per heavy atom. The predicted octanol–water partition coefficient (Wildman–Crippen LogP) is 3.47. The molecular formula is C24H39IN4O2S. The lowest BCUT2D eigenvalue weighted by atomic mass is 9.96. The molecule has 0 saturated carbocycles. The number of nitrogens with one attached hydrogen (secondary N) is 1. The van der Waals surface area contributed by atoms with Crippen molar-refractivity contribution in [3.05, 3.63) is 34.9 Å². The molecule has 2 atom stereocenters. The third-order valence-electron chi connectivity index (χ3n) is 6.76. The number of hydrogen-bond donors (Lipinski definition) is 1. The van der Waals surface area contributed by atoms with E-state index in [1.54, 1.807) is 0 Å². The van der Waals surface area contributed by atoms with Crippen molar-refractivity contribution >= 4 is 41.7 Å². The van der Waals surface area contributed by atoms with Gasteiger partial charge in [-0.3, -0.25) is 9.89 Å². The summed E-state index contributed by atoms with van der Waals surface area (Å²) in [6.07, 6.45) is 1.31. The van der Waals surface area contributed by atoms with E-state index >= 15 is 0 Å². The molecule has 8 heteroatoms. The third-order valence-corrected chi connectivity index (χ3v) is 7.99. The first-order valence-corrected chi connectivity index (χ1v) is 12.9. The molecule has 0 amide bonds. The largest absolute Gasteiger partial charge is 0.379 e. The number of benzene rings is 1. The van der Waals surface area contributed by atoms with E-state index < -0.39 is 0 Å². The van der Waals surface area contributed by atoms with Gasteiger partial charge in [0.05, 0.1) is 38.4 Å². The van der Waals surface area contributed by atoms with Gasteiger partial charge in [0.25, 0.3) is 0 Å². The lowest BCUT2D eigenvalue weighted by Crippen LogP contribution is -2.56. The van der Waals surface area contributed by atoms with Crippen molar-refractivity contribution in [2.45, 2.75) is 38.8 Å². The fourth-order valence-corrected chi connectivity index (χ4v) is 6.44. The van der Waals surface area contributed by atoms with Crippen LogP contribution in [0.15, 0.2) is 23.2 Å². The van der Waals surface area contributed by atoms with Crippen molar-refractivity contribution in [1.82, 2.24) is 15.1 Å². The molecule has 1 N–H and O–H groups in total. The number of rotatable bonds is 5. The molecule has 1 aromatic carbocycles. The summed E-state index contributed by atoms with van der Waals surface area (Å²) < 4.78 is 11.8. The fourth-order valence-electron chi connectivity index (χ4n) is 4.97. The maximum atomic E-state index is 6.19. The van der Waals surface area contributed by atoms with Crippen molar-refractivity contribution in [3.63, 3.8) is 0 Å². The fraction of sp³-hybridized carbons (Fsp3) is 0.708. The summed E-state index contributed by atoms with van der Waals surface area (Å²) in [5.41, 5.74) is 4.08. The second-order valence-corrected chi connectivity index (χ2v) is 10.1. The highest BCUT2D eigenvalue weighted by atomic mass is 127. The molecule has 3 aliphatic rings. The summed E-state index contributed by atoms with van der Waals surface area (Å²) in [4.78, 5) is 10.2. The van der Waals surface area contributed by atoms with E-state index in [-0.39, 0.29) is 35.6 Å². The lowest BCUT2D eigenvalue weighted by molar-refractivity contribution is -0.0124. The van der Waals surface area contributed by atoms with Crippen LogP contribution in [-0.4, -0.2) is 91.9 Å². The highest BCUT2D eigenvalue weighted by molar-refractivity contribution is 14.0. The van der Waals surface area contributed by atoms with E-state index in [4.69, 9.17) is 14.5 Å². The molecule has 32 heavy (non-hydrogen) atoms. The van der Waals surface area contributed by atoms with Crippen LogP contribution in [0.3, 0.4) is 0 Å². The molecule has 3 fully saturated rings. The van der Waals surface area contributed by atoms with Crippen LogP contribution in [0.25, 0.3) is 0 Å². The highest BCUT2D eigenvalue weighted by Crippen LogP contribution is 2.34. The van der Waals surface area contributed by atoms with Gasteiger partial charge >= 0.3 is 0 Å². The predicted molar refractivity (Wildman–Crippen MR) is 145 cm³/mol. The van der Waals surface area contributed by atoms with Gasteiger partial charge in [-0.2, -0.15) is 11.8 Å². The first-order chi connectivity index (χ1) is 15.1. The van der Waals surface area contributed by atoms with Crippen molar-refractivity contribution in [1.29, 1.82) is 0 Å². The summed E-state index contributed by atoms with van der Waals surface area (Å²) in [6, 6.07) is 6.67. The van der Waals surface area contributed by atoms with Crippen LogP contribution in [0.1, 0.15) is 36.1 Å². The van der Waals surface area contributed by atoms with Crippen LogP contribution in [0.5, 0.6) is 0 Å². The molecule has 3 heterocycles. The van der Waals surface area contributed by atoms with Gasteiger partial charge in [0.15, 0.2) is 5.96 Å². The van der Waals surface area contributed by atoms with Gasteiger partial charge in [0.1, 0.15) is 6.10 Å². The topological polar surface area (TPSA) is 49.3 Å². The Kier molecular flexibility index (Phi) is 9.97. The van der Waals surface area contributed by atoms with E-state index in [0.717, 1.165) is 65.0 Å². The van der Waals surface area contributed by atoms with E-state index in [2.05, 4.69) is 65.8 Å². The van der Waals surface area contributed by atoms with Gasteiger partial charge in [-0.1, -0.05) is 23.8 Å². The van der Waals surface area contributed by atoms with E-state index in [1.165, 1.54) is 34.6 Å². The van der Waals surface area contributed by atoms with Crippen LogP contribution in [0.2, 0.25) is 0 Å². The number of aliphatic imine (C=N–C) groups is 1. The minimum Gasteiger partial charge on any atom is -0.379 e. The summed E-state index contributed by atoms with van der Waals surface area (Å²) in [5.74, 6) is 3.44. The normalized spacial score (nSPS) is 27.3. The SMILES string of the molecule is CCNC(=NCC1(N2CCOCC2)CCSC1)N1CCOC(c2ccc(C)cc2C)C1.I. The zero-order valence-corrected chi connectivity index (χ0v) is 22.9. The van der Waals surface area contributed by atoms with Gasteiger partial charge in [-0.25, -0.2) is 0 Å². The number of aryl methyl sites for hydroxylation is 2. The molecule has 0 spiro atoms. The summed E-state index contributed by atoms with van der Waals surface area (Å²) >= 11 is 2.07. The minimum atomic E-state index is 0. The quantitative estimate of drug-likeness (QED) is 0.331. The van der Waals surface area contributed by atoms with Crippen LogP contribution in [0.4, 0.5) is 0 Å². The van der Waals surface area contributed by atoms with Gasteiger partial charge in [-0.15, -0.1) is 24.0 Å². The number of thioether (sulfide) groups is 1. The monoisotopic (exact) mass is 574 g/mol. The first-order valence-electron chi connectivity index (χ1n) is 11.7. The van der Waals surface area contributed by atoms with Crippen molar-refractivity contribution < 1.29 is 9.47 Å². The van der Waals surface area contributed by atoms with E-state index in [1.807, 2.05) is 0 Å². The Hall–Kier alpha value is -0.550. The highest BCUT2D eigenvalue weighted by Gasteiger charge is 2.41. The van der Waals surface area contributed by atoms with Gasteiger partial charge in [-0.05, 0) is 44.1 Å². The Labute approximate surface area is 214 Å². The van der Waals surface area contributed by atoms with Crippen LogP contribution in [-0.2, 0) is 9.47 Å². The Balaban J connectivity index is 0.00000289. The zero-order chi connectivity index (χ0) is 21.7. The first kappa shape index (κ1) is 26.1. The molecule has 3 aliphatic heterocycles. The molecule has 3 saturated heterocycles. The van der Waals surface area contributed by atoms with E-state index in [9.17, 15) is 0 Å². The summed E-state index contributed by atoms with van der Waals surface area (Å²) in [7, 11) is 0. The molecule has 180 valence electrons. The molecule has 0 aromatic heterocycles. The number of halogens is 1. The number of hydrogen-bond acceptors (Lipinski definition) is 5. The van der Waals surface area contributed by atoms with Crippen molar-refractivity contribution in [3.8, 4) is 0 Å². The third kappa shape index (κ3) is 6.11. The molecule has 0 radical (unpaired) electrons. The maximum Gasteiger partial charge on any atom is 0.194 e. The second kappa shape index (κ2) is 12.2. The smallest absolute Gasteiger partial charge is 0.194 e. The van der Waals surface area contributed by atoms with Crippen molar-refractivity contribution in [2.75, 3.05) is 70.6 Å². The van der Waals surface area contributed by atoms with Crippen LogP contribution < -0.4 is 5.32 Å². The molecule has 0 bridgehead atoms. The lowest BCUT2D eigenvalue weighted by Gasteiger charge is -2.42. The standard InChI is InChI=1S/C24H38N4O2S.HI/c1-4-25-23(26-17-24(7-14-31-18-24)28-9-11-29-12-10-28)27-8-13-30-22(16-27)21-6-5-19(2)15-20(21)3;/h5-6,15,22H,4,7-14,16-18H2,1-3H3,(H,25,26);1H. The number of ether oxygens (including phenoxy) is 2. The summed E-state index contributed by atoms with van der Waals surface area (Å²) in [6.45, 7) is 14.4. The zero-order valence-electron chi connectivity index (χ0n) is 19.8. The van der Waals surface area contributed by atoms with Gasteiger partial charge < -0.3 is 19.7 Å². The molecule has 2 unspecified atom stereocenters. The Morgan fingerprint density at radius 2 is 2.03 bits per heavy atom. The Morgan fingerprint density at radius 3 is 2.72 bits per heavy atom. The molecule has 4 rings (SSSR count).